The third-order valence-electron chi connectivity index (χ3n) is 2.62. The molecule has 1 unspecified atom stereocenters. The van der Waals surface area contributed by atoms with E-state index < -0.39 is 6.10 Å². The van der Waals surface area contributed by atoms with Gasteiger partial charge in [-0.15, -0.1) is 6.58 Å². The largest absolute Gasteiger partial charge is 0.368 e. The lowest BCUT2D eigenvalue weighted by Gasteiger charge is -2.14. The summed E-state index contributed by atoms with van der Waals surface area (Å²) in [6.07, 6.45) is 1.86. The van der Waals surface area contributed by atoms with Crippen molar-refractivity contribution < 1.29 is 14.3 Å². The Morgan fingerprint density at radius 3 is 2.74 bits per heavy atom. The number of ketones is 1. The fourth-order valence-corrected chi connectivity index (χ4v) is 1.54. The van der Waals surface area contributed by atoms with Crippen molar-refractivity contribution in [1.82, 2.24) is 0 Å². The lowest BCUT2D eigenvalue weighted by molar-refractivity contribution is -0.126. The minimum Gasteiger partial charge on any atom is -0.368 e. The number of Topliss-reactive ketones (excluding diaryl/α,β-unsaturated/α-hetero) is 1. The first-order valence-electron chi connectivity index (χ1n) is 6.19. The maximum Gasteiger partial charge on any atom is 0.253 e. The van der Waals surface area contributed by atoms with Gasteiger partial charge < -0.3 is 10.1 Å². The van der Waals surface area contributed by atoms with Gasteiger partial charge in [-0.25, -0.2) is 0 Å². The SMILES string of the molecule is C=CCCOC(C)C(=O)Nc1ccccc1C(C)=O. The van der Waals surface area contributed by atoms with E-state index in [0.717, 1.165) is 0 Å². The third kappa shape index (κ3) is 4.67. The normalized spacial score (nSPS) is 11.7. The number of benzene rings is 1. The average Bonchev–Trinajstić information content (AvgIpc) is 2.39. The molecule has 4 nitrogen and oxygen atoms in total. The summed E-state index contributed by atoms with van der Waals surface area (Å²) < 4.78 is 5.35. The molecule has 1 aromatic carbocycles. The van der Waals surface area contributed by atoms with E-state index in [1.165, 1.54) is 6.92 Å². The van der Waals surface area contributed by atoms with Crippen LogP contribution in [-0.2, 0) is 9.53 Å². The van der Waals surface area contributed by atoms with E-state index >= 15 is 0 Å². The summed E-state index contributed by atoms with van der Waals surface area (Å²) in [5.41, 5.74) is 1.01. The summed E-state index contributed by atoms with van der Waals surface area (Å²) >= 11 is 0. The first-order chi connectivity index (χ1) is 9.06. The number of nitrogens with one attached hydrogen (secondary N) is 1. The molecular weight excluding hydrogens is 242 g/mol. The molecule has 4 heteroatoms. The number of hydrogen-bond donors (Lipinski definition) is 1. The van der Waals surface area contributed by atoms with Crippen molar-refractivity contribution in [3.8, 4) is 0 Å². The molecule has 19 heavy (non-hydrogen) atoms. The lowest BCUT2D eigenvalue weighted by atomic mass is 10.1. The van der Waals surface area contributed by atoms with Crippen LogP contribution in [0.5, 0.6) is 0 Å². The zero-order chi connectivity index (χ0) is 14.3. The van der Waals surface area contributed by atoms with Gasteiger partial charge in [0, 0.05) is 5.56 Å². The minimum absolute atomic E-state index is 0.0869. The van der Waals surface area contributed by atoms with Gasteiger partial charge in [0.25, 0.3) is 5.91 Å². The summed E-state index contributed by atoms with van der Waals surface area (Å²) in [6, 6.07) is 6.91. The molecule has 1 amide bonds. The summed E-state index contributed by atoms with van der Waals surface area (Å²) in [5.74, 6) is -0.353. The molecule has 0 aliphatic rings. The molecular formula is C15H19NO3. The van der Waals surface area contributed by atoms with E-state index in [2.05, 4.69) is 11.9 Å². The summed E-state index contributed by atoms with van der Waals surface area (Å²) in [4.78, 5) is 23.3. The molecule has 0 bridgehead atoms. The summed E-state index contributed by atoms with van der Waals surface area (Å²) in [5, 5.41) is 2.71. The topological polar surface area (TPSA) is 55.4 Å². The van der Waals surface area contributed by atoms with Crippen LogP contribution in [0, 0.1) is 0 Å². The molecule has 0 saturated heterocycles. The van der Waals surface area contributed by atoms with E-state index in [1.54, 1.807) is 37.3 Å². The molecule has 0 aliphatic carbocycles. The van der Waals surface area contributed by atoms with Crippen molar-refractivity contribution >= 4 is 17.4 Å². The fraction of sp³-hybridized carbons (Fsp3) is 0.333. The Morgan fingerprint density at radius 2 is 2.11 bits per heavy atom. The first kappa shape index (κ1) is 15.1. The van der Waals surface area contributed by atoms with Gasteiger partial charge in [-0.2, -0.15) is 0 Å². The van der Waals surface area contributed by atoms with E-state index in [9.17, 15) is 9.59 Å². The highest BCUT2D eigenvalue weighted by atomic mass is 16.5. The molecule has 0 fully saturated rings. The van der Waals surface area contributed by atoms with Crippen LogP contribution in [0.2, 0.25) is 0 Å². The van der Waals surface area contributed by atoms with E-state index in [0.29, 0.717) is 24.3 Å². The molecule has 1 atom stereocenters. The quantitative estimate of drug-likeness (QED) is 0.466. The van der Waals surface area contributed by atoms with Crippen LogP contribution < -0.4 is 5.32 Å². The maximum atomic E-state index is 11.9. The molecule has 0 aliphatic heterocycles. The van der Waals surface area contributed by atoms with Gasteiger partial charge in [0.2, 0.25) is 0 Å². The van der Waals surface area contributed by atoms with Crippen molar-refractivity contribution in [2.24, 2.45) is 0 Å². The van der Waals surface area contributed by atoms with Crippen LogP contribution in [0.3, 0.4) is 0 Å². The van der Waals surface area contributed by atoms with Gasteiger partial charge in [-0.1, -0.05) is 18.2 Å². The smallest absolute Gasteiger partial charge is 0.253 e. The van der Waals surface area contributed by atoms with Crippen LogP contribution >= 0.6 is 0 Å². The van der Waals surface area contributed by atoms with Crippen LogP contribution in [0.15, 0.2) is 36.9 Å². The van der Waals surface area contributed by atoms with Crippen LogP contribution in [0.25, 0.3) is 0 Å². The Labute approximate surface area is 113 Å². The Balaban J connectivity index is 2.66. The van der Waals surface area contributed by atoms with Gasteiger partial charge in [0.05, 0.1) is 12.3 Å². The highest BCUT2D eigenvalue weighted by molar-refractivity contribution is 6.04. The molecule has 1 aromatic rings. The predicted molar refractivity (Wildman–Crippen MR) is 75.3 cm³/mol. The summed E-state index contributed by atoms with van der Waals surface area (Å²) in [7, 11) is 0. The number of hydrogen-bond acceptors (Lipinski definition) is 3. The molecule has 0 aromatic heterocycles. The third-order valence-corrected chi connectivity index (χ3v) is 2.62. The minimum atomic E-state index is -0.569. The van der Waals surface area contributed by atoms with Crippen molar-refractivity contribution in [3.63, 3.8) is 0 Å². The Hall–Kier alpha value is -1.94. The standard InChI is InChI=1S/C15H19NO3/c1-4-5-10-19-12(3)15(18)16-14-9-7-6-8-13(14)11(2)17/h4,6-9,12H,1,5,10H2,2-3H3,(H,16,18). The highest BCUT2D eigenvalue weighted by Gasteiger charge is 2.15. The second kappa shape index (κ2) is 7.48. The van der Waals surface area contributed by atoms with E-state index in [4.69, 9.17) is 4.74 Å². The second-order valence-corrected chi connectivity index (χ2v) is 4.18. The van der Waals surface area contributed by atoms with Gasteiger partial charge in [0.1, 0.15) is 6.10 Å². The van der Waals surface area contributed by atoms with Gasteiger partial charge >= 0.3 is 0 Å². The van der Waals surface area contributed by atoms with Crippen molar-refractivity contribution in [3.05, 3.63) is 42.5 Å². The number of carbonyl (C=O) groups is 2. The number of carbonyl (C=O) groups excluding carboxylic acids is 2. The lowest BCUT2D eigenvalue weighted by Crippen LogP contribution is -2.28. The Morgan fingerprint density at radius 1 is 1.42 bits per heavy atom. The summed E-state index contributed by atoms with van der Waals surface area (Å²) in [6.45, 7) is 7.18. The fourth-order valence-electron chi connectivity index (χ4n) is 1.54. The van der Waals surface area contributed by atoms with Crippen molar-refractivity contribution in [2.75, 3.05) is 11.9 Å². The zero-order valence-corrected chi connectivity index (χ0v) is 11.3. The van der Waals surface area contributed by atoms with Gasteiger partial charge in [0.15, 0.2) is 5.78 Å². The molecule has 0 spiro atoms. The number of amides is 1. The van der Waals surface area contributed by atoms with E-state index in [1.807, 2.05) is 0 Å². The average molecular weight is 261 g/mol. The molecule has 0 heterocycles. The van der Waals surface area contributed by atoms with Crippen LogP contribution in [0.4, 0.5) is 5.69 Å². The van der Waals surface area contributed by atoms with Crippen molar-refractivity contribution in [2.45, 2.75) is 26.4 Å². The molecule has 0 radical (unpaired) electrons. The first-order valence-corrected chi connectivity index (χ1v) is 6.19. The van der Waals surface area contributed by atoms with Crippen LogP contribution in [0.1, 0.15) is 30.6 Å². The van der Waals surface area contributed by atoms with E-state index in [-0.39, 0.29) is 11.7 Å². The maximum absolute atomic E-state index is 11.9. The number of rotatable bonds is 7. The number of ether oxygens (including phenoxy) is 1. The molecule has 1 rings (SSSR count). The van der Waals surface area contributed by atoms with Gasteiger partial charge in [-0.3, -0.25) is 9.59 Å². The second-order valence-electron chi connectivity index (χ2n) is 4.18. The molecule has 0 saturated carbocycles. The highest BCUT2D eigenvalue weighted by Crippen LogP contribution is 2.16. The van der Waals surface area contributed by atoms with Crippen molar-refractivity contribution in [1.29, 1.82) is 0 Å². The molecule has 102 valence electrons. The zero-order valence-electron chi connectivity index (χ0n) is 11.3. The number of para-hydroxylation sites is 1. The predicted octanol–water partition coefficient (Wildman–Crippen LogP) is 2.81. The Kier molecular flexibility index (Phi) is 5.96. The van der Waals surface area contributed by atoms with Crippen LogP contribution in [-0.4, -0.2) is 24.4 Å². The molecule has 1 N–H and O–H groups in total. The number of anilines is 1. The monoisotopic (exact) mass is 261 g/mol. The Bertz CT molecular complexity index is 468. The van der Waals surface area contributed by atoms with Gasteiger partial charge in [-0.05, 0) is 32.4 Å².